The van der Waals surface area contributed by atoms with Crippen LogP contribution in [0.25, 0.3) is 10.9 Å². The van der Waals surface area contributed by atoms with Gasteiger partial charge >= 0.3 is 0 Å². The first-order chi connectivity index (χ1) is 20.3. The Labute approximate surface area is 267 Å². The molecule has 3 atom stereocenters. The molecule has 2 aromatic carbocycles. The number of hydrogen-bond donors (Lipinski definition) is 3. The molecule has 3 N–H and O–H groups in total. The van der Waals surface area contributed by atoms with E-state index in [4.69, 9.17) is 16.3 Å². The third-order valence-corrected chi connectivity index (χ3v) is 8.31. The number of likely N-dealkylation sites (N-methyl/N-ethyl adjacent to an activating group) is 1. The molecule has 3 aromatic rings. The lowest BCUT2D eigenvalue weighted by atomic mass is 9.85. The van der Waals surface area contributed by atoms with Crippen molar-refractivity contribution in [2.24, 2.45) is 5.41 Å². The van der Waals surface area contributed by atoms with Crippen molar-refractivity contribution in [3.63, 3.8) is 0 Å². The first kappa shape index (κ1) is 35.2. The summed E-state index contributed by atoms with van der Waals surface area (Å²) in [5, 5.41) is 8.81. The van der Waals surface area contributed by atoms with E-state index in [1.807, 2.05) is 31.7 Å². The van der Waals surface area contributed by atoms with Gasteiger partial charge in [0.15, 0.2) is 5.82 Å². The van der Waals surface area contributed by atoms with E-state index in [9.17, 15) is 18.4 Å². The maximum Gasteiger partial charge on any atom is 0.245 e. The average Bonchev–Trinajstić information content (AvgIpc) is 3.46. The van der Waals surface area contributed by atoms with Crippen molar-refractivity contribution in [2.75, 3.05) is 26.0 Å². The SMILES string of the molecule is CN[C@@H](C)C(=O)N[C@H](C(=O)N1CCC[C@H]1CCc1cc2c(Nc3ccc(F)c(Cl)c3F)ncnc2cc1OC)C(C)(C)C.Cl. The maximum atomic E-state index is 14.6. The molecule has 0 radical (unpaired) electrons. The fourth-order valence-corrected chi connectivity index (χ4v) is 5.49. The minimum absolute atomic E-state index is 0. The van der Waals surface area contributed by atoms with Crippen LogP contribution in [0.5, 0.6) is 5.75 Å². The molecule has 2 heterocycles. The second-order valence-corrected chi connectivity index (χ2v) is 12.3. The number of fused-ring (bicyclic) bond motifs is 1. The van der Waals surface area contributed by atoms with E-state index < -0.39 is 34.2 Å². The molecule has 240 valence electrons. The fraction of sp³-hybridized carbons (Fsp3) is 0.484. The highest BCUT2D eigenvalue weighted by molar-refractivity contribution is 6.31. The summed E-state index contributed by atoms with van der Waals surface area (Å²) >= 11 is 5.77. The van der Waals surface area contributed by atoms with Gasteiger partial charge in [-0.15, -0.1) is 12.4 Å². The fourth-order valence-electron chi connectivity index (χ4n) is 5.32. The number of aromatic nitrogens is 2. The summed E-state index contributed by atoms with van der Waals surface area (Å²) in [7, 11) is 3.28. The highest BCUT2D eigenvalue weighted by Gasteiger charge is 2.40. The summed E-state index contributed by atoms with van der Waals surface area (Å²) in [6.45, 7) is 8.22. The van der Waals surface area contributed by atoms with Crippen LogP contribution in [0, 0.1) is 17.0 Å². The number of ether oxygens (including phenoxy) is 1. The van der Waals surface area contributed by atoms with Crippen LogP contribution in [0.2, 0.25) is 5.02 Å². The molecule has 2 amide bonds. The molecule has 9 nitrogen and oxygen atoms in total. The van der Waals surface area contributed by atoms with Crippen molar-refractivity contribution in [1.82, 2.24) is 25.5 Å². The number of carbonyl (C=O) groups excluding carboxylic acids is 2. The lowest BCUT2D eigenvalue weighted by Gasteiger charge is -2.36. The predicted octanol–water partition coefficient (Wildman–Crippen LogP) is 5.80. The van der Waals surface area contributed by atoms with Crippen LogP contribution in [0.4, 0.5) is 20.3 Å². The molecule has 13 heteroatoms. The summed E-state index contributed by atoms with van der Waals surface area (Å²) in [5.41, 5.74) is 0.942. The Balaban J connectivity index is 0.00000529. The van der Waals surface area contributed by atoms with E-state index in [-0.39, 0.29) is 36.0 Å². The first-order valence-corrected chi connectivity index (χ1v) is 14.7. The zero-order valence-corrected chi connectivity index (χ0v) is 27.3. The van der Waals surface area contributed by atoms with Gasteiger partial charge in [-0.1, -0.05) is 32.4 Å². The molecular formula is C31H40Cl2F2N6O3. The van der Waals surface area contributed by atoms with Gasteiger partial charge in [-0.3, -0.25) is 9.59 Å². The summed E-state index contributed by atoms with van der Waals surface area (Å²) in [6, 6.07) is 4.90. The summed E-state index contributed by atoms with van der Waals surface area (Å²) < 4.78 is 34.0. The molecule has 1 aromatic heterocycles. The Morgan fingerprint density at radius 1 is 1.20 bits per heavy atom. The molecular weight excluding hydrogens is 613 g/mol. The summed E-state index contributed by atoms with van der Waals surface area (Å²) in [5.74, 6) is -1.12. The molecule has 1 aliphatic rings. The van der Waals surface area contributed by atoms with E-state index in [1.54, 1.807) is 27.1 Å². The number of nitrogens with zero attached hydrogens (tertiary/aromatic N) is 3. The Hall–Kier alpha value is -3.28. The van der Waals surface area contributed by atoms with E-state index in [1.165, 1.54) is 12.4 Å². The van der Waals surface area contributed by atoms with Crippen LogP contribution in [0.1, 0.15) is 52.5 Å². The molecule has 1 fully saturated rings. The predicted molar refractivity (Wildman–Crippen MR) is 171 cm³/mol. The standard InChI is InChI=1S/C31H39ClF2N6O3.ClH/c1-17(35-5)29(41)39-27(31(2,3)4)30(42)40-13-7-8-19(40)10-9-18-14-20-23(15-24(18)43-6)36-16-37-28(20)38-22-12-11-21(33)25(32)26(22)34;/h11-12,14-17,19,27,35H,7-10,13H2,1-6H3,(H,39,41)(H,36,37,38);1H/t17-,19-,27+;/m0./s1. The van der Waals surface area contributed by atoms with E-state index in [0.29, 0.717) is 41.9 Å². The molecule has 4 rings (SSSR count). The van der Waals surface area contributed by atoms with Crippen LogP contribution < -0.4 is 20.7 Å². The van der Waals surface area contributed by atoms with Gasteiger partial charge < -0.3 is 25.6 Å². The molecule has 0 unspecified atom stereocenters. The number of benzene rings is 2. The van der Waals surface area contributed by atoms with Gasteiger partial charge in [0.25, 0.3) is 0 Å². The number of aryl methyl sites for hydroxylation is 1. The number of rotatable bonds is 10. The number of hydrogen-bond acceptors (Lipinski definition) is 7. The zero-order chi connectivity index (χ0) is 31.5. The maximum absolute atomic E-state index is 14.6. The lowest BCUT2D eigenvalue weighted by Crippen LogP contribution is -2.58. The number of anilines is 2. The number of likely N-dealkylation sites (tertiary alicyclic amines) is 1. The largest absolute Gasteiger partial charge is 0.496 e. The van der Waals surface area contributed by atoms with E-state index >= 15 is 0 Å². The molecule has 0 saturated carbocycles. The number of amides is 2. The molecule has 0 bridgehead atoms. The summed E-state index contributed by atoms with van der Waals surface area (Å²) in [4.78, 5) is 37.0. The molecule has 0 spiro atoms. The van der Waals surface area contributed by atoms with Crippen molar-refractivity contribution >= 4 is 58.2 Å². The van der Waals surface area contributed by atoms with Crippen molar-refractivity contribution in [3.05, 3.63) is 52.8 Å². The highest BCUT2D eigenvalue weighted by atomic mass is 35.5. The molecule has 44 heavy (non-hydrogen) atoms. The number of nitrogens with one attached hydrogen (secondary N) is 3. The zero-order valence-electron chi connectivity index (χ0n) is 25.8. The Bertz CT molecular complexity index is 1500. The first-order valence-electron chi connectivity index (χ1n) is 14.4. The Kier molecular flexibility index (Phi) is 11.7. The van der Waals surface area contributed by atoms with Crippen LogP contribution in [0.15, 0.2) is 30.6 Å². The van der Waals surface area contributed by atoms with E-state index in [0.717, 1.165) is 24.5 Å². The molecule has 0 aliphatic carbocycles. The third kappa shape index (κ3) is 7.68. The van der Waals surface area contributed by atoms with E-state index in [2.05, 4.69) is 25.9 Å². The lowest BCUT2D eigenvalue weighted by molar-refractivity contribution is -0.140. The van der Waals surface area contributed by atoms with Crippen molar-refractivity contribution < 1.29 is 23.1 Å². The second-order valence-electron chi connectivity index (χ2n) is 11.9. The Morgan fingerprint density at radius 3 is 2.59 bits per heavy atom. The number of methoxy groups -OCH3 is 1. The van der Waals surface area contributed by atoms with Crippen LogP contribution in [-0.2, 0) is 16.0 Å². The highest BCUT2D eigenvalue weighted by Crippen LogP contribution is 2.34. The molecule has 1 saturated heterocycles. The third-order valence-electron chi connectivity index (χ3n) is 7.96. The van der Waals surface area contributed by atoms with Gasteiger partial charge in [-0.2, -0.15) is 0 Å². The minimum atomic E-state index is -0.918. The van der Waals surface area contributed by atoms with Gasteiger partial charge in [0.2, 0.25) is 11.8 Å². The monoisotopic (exact) mass is 652 g/mol. The van der Waals surface area contributed by atoms with Gasteiger partial charge in [0, 0.05) is 24.0 Å². The van der Waals surface area contributed by atoms with Crippen LogP contribution in [0.3, 0.4) is 0 Å². The number of halogens is 4. The van der Waals surface area contributed by atoms with Gasteiger partial charge in [-0.05, 0) is 68.8 Å². The quantitative estimate of drug-likeness (QED) is 0.238. The topological polar surface area (TPSA) is 108 Å². The minimum Gasteiger partial charge on any atom is -0.496 e. The second kappa shape index (κ2) is 14.7. The van der Waals surface area contributed by atoms with Crippen molar-refractivity contribution in [3.8, 4) is 5.75 Å². The van der Waals surface area contributed by atoms with Crippen LogP contribution in [-0.4, -0.2) is 65.5 Å². The van der Waals surface area contributed by atoms with Gasteiger partial charge in [-0.25, -0.2) is 18.7 Å². The van der Waals surface area contributed by atoms with Crippen molar-refractivity contribution in [1.29, 1.82) is 0 Å². The van der Waals surface area contributed by atoms with Gasteiger partial charge in [0.1, 0.15) is 34.8 Å². The van der Waals surface area contributed by atoms with Crippen LogP contribution >= 0.6 is 24.0 Å². The Morgan fingerprint density at radius 2 is 1.93 bits per heavy atom. The average molecular weight is 654 g/mol. The molecule has 1 aliphatic heterocycles. The smallest absolute Gasteiger partial charge is 0.245 e. The van der Waals surface area contributed by atoms with Crippen molar-refractivity contribution in [2.45, 2.75) is 71.5 Å². The summed E-state index contributed by atoms with van der Waals surface area (Å²) in [6.07, 6.45) is 4.32. The van der Waals surface area contributed by atoms with Gasteiger partial charge in [0.05, 0.1) is 24.4 Å². The normalized spacial score (nSPS) is 16.3. The number of carbonyl (C=O) groups is 2.